The zero-order valence-electron chi connectivity index (χ0n) is 13.1. The summed E-state index contributed by atoms with van der Waals surface area (Å²) in [6.07, 6.45) is -0.749. The predicted octanol–water partition coefficient (Wildman–Crippen LogP) is 2.78. The molecule has 0 fully saturated rings. The summed E-state index contributed by atoms with van der Waals surface area (Å²) in [5.41, 5.74) is 3.41. The zero-order chi connectivity index (χ0) is 16.1. The summed E-state index contributed by atoms with van der Waals surface area (Å²) in [5, 5.41) is 12.9. The van der Waals surface area contributed by atoms with Crippen molar-refractivity contribution in [2.75, 3.05) is 13.7 Å². The van der Waals surface area contributed by atoms with Crippen LogP contribution >= 0.6 is 0 Å². The van der Waals surface area contributed by atoms with Gasteiger partial charge in [0.1, 0.15) is 5.75 Å². The first kappa shape index (κ1) is 16.0. The van der Waals surface area contributed by atoms with E-state index in [9.17, 15) is 9.90 Å². The van der Waals surface area contributed by atoms with Crippen LogP contribution in [0.2, 0.25) is 0 Å². The van der Waals surface area contributed by atoms with Crippen molar-refractivity contribution in [2.45, 2.75) is 20.0 Å². The number of hydrogen-bond acceptors (Lipinski definition) is 3. The Morgan fingerprint density at radius 3 is 2.45 bits per heavy atom. The van der Waals surface area contributed by atoms with E-state index in [-0.39, 0.29) is 12.5 Å². The third-order valence-corrected chi connectivity index (χ3v) is 3.58. The van der Waals surface area contributed by atoms with Gasteiger partial charge in [-0.15, -0.1) is 0 Å². The van der Waals surface area contributed by atoms with Gasteiger partial charge in [-0.2, -0.15) is 0 Å². The minimum Gasteiger partial charge on any atom is -0.497 e. The summed E-state index contributed by atoms with van der Waals surface area (Å²) in [4.78, 5) is 12.2. The quantitative estimate of drug-likeness (QED) is 0.892. The van der Waals surface area contributed by atoms with E-state index >= 15 is 0 Å². The van der Waals surface area contributed by atoms with Crippen molar-refractivity contribution < 1.29 is 14.6 Å². The molecule has 2 N–H and O–H groups in total. The van der Waals surface area contributed by atoms with E-state index in [0.717, 1.165) is 22.4 Å². The first-order chi connectivity index (χ1) is 10.5. The first-order valence-electron chi connectivity index (χ1n) is 7.18. The number of benzene rings is 2. The van der Waals surface area contributed by atoms with Crippen LogP contribution in [0, 0.1) is 13.8 Å². The van der Waals surface area contributed by atoms with Gasteiger partial charge in [0.05, 0.1) is 13.2 Å². The van der Waals surface area contributed by atoms with Crippen molar-refractivity contribution in [3.05, 3.63) is 64.7 Å². The lowest BCUT2D eigenvalue weighted by atomic mass is 10.0. The fourth-order valence-electron chi connectivity index (χ4n) is 2.30. The standard InChI is InChI=1S/C18H21NO3/c1-12-4-9-16(13(2)10-12)18(21)19-11-17(20)14-5-7-15(22-3)8-6-14/h4-10,17,20H,11H2,1-3H3,(H,19,21). The topological polar surface area (TPSA) is 58.6 Å². The second kappa shape index (κ2) is 7.09. The average molecular weight is 299 g/mol. The van der Waals surface area contributed by atoms with Crippen molar-refractivity contribution >= 4 is 5.91 Å². The van der Waals surface area contributed by atoms with E-state index in [0.29, 0.717) is 5.56 Å². The molecule has 2 aromatic rings. The number of carbonyl (C=O) groups is 1. The molecular weight excluding hydrogens is 278 g/mol. The third-order valence-electron chi connectivity index (χ3n) is 3.58. The lowest BCUT2D eigenvalue weighted by Gasteiger charge is -2.14. The summed E-state index contributed by atoms with van der Waals surface area (Å²) < 4.78 is 5.08. The van der Waals surface area contributed by atoms with Gasteiger partial charge >= 0.3 is 0 Å². The number of aryl methyl sites for hydroxylation is 2. The van der Waals surface area contributed by atoms with Gasteiger partial charge in [-0.1, -0.05) is 29.8 Å². The van der Waals surface area contributed by atoms with E-state index in [1.807, 2.05) is 26.0 Å². The minimum absolute atomic E-state index is 0.165. The first-order valence-corrected chi connectivity index (χ1v) is 7.18. The van der Waals surface area contributed by atoms with Crippen LogP contribution < -0.4 is 10.1 Å². The Balaban J connectivity index is 1.97. The van der Waals surface area contributed by atoms with Gasteiger partial charge in [0, 0.05) is 12.1 Å². The summed E-state index contributed by atoms with van der Waals surface area (Å²) >= 11 is 0. The average Bonchev–Trinajstić information content (AvgIpc) is 2.52. The fraction of sp³-hybridized carbons (Fsp3) is 0.278. The highest BCUT2D eigenvalue weighted by atomic mass is 16.5. The third kappa shape index (κ3) is 3.86. The molecule has 1 unspecified atom stereocenters. The Hall–Kier alpha value is -2.33. The van der Waals surface area contributed by atoms with E-state index in [2.05, 4.69) is 5.32 Å². The molecular formula is C18H21NO3. The molecule has 0 aliphatic carbocycles. The maximum Gasteiger partial charge on any atom is 0.251 e. The second-order valence-electron chi connectivity index (χ2n) is 5.32. The van der Waals surface area contributed by atoms with Gasteiger partial charge < -0.3 is 15.2 Å². The van der Waals surface area contributed by atoms with Crippen LogP contribution in [-0.4, -0.2) is 24.7 Å². The Bertz CT molecular complexity index is 650. The molecule has 0 aliphatic heterocycles. The normalized spacial score (nSPS) is 11.8. The molecule has 0 saturated heterocycles. The number of hydrogen-bond donors (Lipinski definition) is 2. The second-order valence-corrected chi connectivity index (χ2v) is 5.32. The molecule has 0 spiro atoms. The number of carbonyl (C=O) groups excluding carboxylic acids is 1. The number of aliphatic hydroxyl groups is 1. The smallest absolute Gasteiger partial charge is 0.251 e. The summed E-state index contributed by atoms with van der Waals surface area (Å²) in [6, 6.07) is 12.8. The summed E-state index contributed by atoms with van der Waals surface area (Å²) in [6.45, 7) is 4.06. The monoisotopic (exact) mass is 299 g/mol. The van der Waals surface area contributed by atoms with E-state index < -0.39 is 6.10 Å². The minimum atomic E-state index is -0.749. The van der Waals surface area contributed by atoms with Crippen molar-refractivity contribution in [2.24, 2.45) is 0 Å². The van der Waals surface area contributed by atoms with Crippen LogP contribution in [0.15, 0.2) is 42.5 Å². The number of aliphatic hydroxyl groups excluding tert-OH is 1. The molecule has 2 aromatic carbocycles. The number of methoxy groups -OCH3 is 1. The van der Waals surface area contributed by atoms with Gasteiger partial charge in [-0.05, 0) is 43.2 Å². The van der Waals surface area contributed by atoms with Crippen LogP contribution in [-0.2, 0) is 0 Å². The van der Waals surface area contributed by atoms with Crippen LogP contribution in [0.4, 0.5) is 0 Å². The highest BCUT2D eigenvalue weighted by Gasteiger charge is 2.12. The Morgan fingerprint density at radius 1 is 1.18 bits per heavy atom. The van der Waals surface area contributed by atoms with Crippen molar-refractivity contribution in [3.8, 4) is 5.75 Å². The molecule has 116 valence electrons. The maximum atomic E-state index is 12.2. The summed E-state index contributed by atoms with van der Waals surface area (Å²) in [5.74, 6) is 0.556. The molecule has 0 heterocycles. The highest BCUT2D eigenvalue weighted by Crippen LogP contribution is 2.17. The lowest BCUT2D eigenvalue weighted by Crippen LogP contribution is -2.28. The number of amides is 1. The molecule has 4 nitrogen and oxygen atoms in total. The zero-order valence-corrected chi connectivity index (χ0v) is 13.1. The van der Waals surface area contributed by atoms with Gasteiger partial charge in [0.2, 0.25) is 0 Å². The molecule has 2 rings (SSSR count). The highest BCUT2D eigenvalue weighted by molar-refractivity contribution is 5.95. The van der Waals surface area contributed by atoms with Gasteiger partial charge in [-0.3, -0.25) is 4.79 Å². The number of rotatable bonds is 5. The number of nitrogens with one attached hydrogen (secondary N) is 1. The molecule has 1 atom stereocenters. The SMILES string of the molecule is COc1ccc(C(O)CNC(=O)c2ccc(C)cc2C)cc1. The van der Waals surface area contributed by atoms with Crippen LogP contribution in [0.25, 0.3) is 0 Å². The predicted molar refractivity (Wildman–Crippen MR) is 86.2 cm³/mol. The Kier molecular flexibility index (Phi) is 5.17. The van der Waals surface area contributed by atoms with Gasteiger partial charge in [0.25, 0.3) is 5.91 Å². The molecule has 0 bridgehead atoms. The molecule has 0 radical (unpaired) electrons. The molecule has 1 amide bonds. The van der Waals surface area contributed by atoms with Crippen LogP contribution in [0.1, 0.15) is 33.2 Å². The Labute approximate surface area is 130 Å². The summed E-state index contributed by atoms with van der Waals surface area (Å²) in [7, 11) is 1.59. The molecule has 0 saturated carbocycles. The van der Waals surface area contributed by atoms with E-state index in [1.165, 1.54) is 0 Å². The number of ether oxygens (including phenoxy) is 1. The van der Waals surface area contributed by atoms with Crippen molar-refractivity contribution in [3.63, 3.8) is 0 Å². The Morgan fingerprint density at radius 2 is 1.86 bits per heavy atom. The van der Waals surface area contributed by atoms with Crippen LogP contribution in [0.3, 0.4) is 0 Å². The van der Waals surface area contributed by atoms with Gasteiger partial charge in [0.15, 0.2) is 0 Å². The maximum absolute atomic E-state index is 12.2. The van der Waals surface area contributed by atoms with Crippen LogP contribution in [0.5, 0.6) is 5.75 Å². The lowest BCUT2D eigenvalue weighted by molar-refractivity contribution is 0.0915. The van der Waals surface area contributed by atoms with E-state index in [4.69, 9.17) is 4.74 Å². The molecule has 22 heavy (non-hydrogen) atoms. The molecule has 0 aliphatic rings. The van der Waals surface area contributed by atoms with Crippen molar-refractivity contribution in [1.29, 1.82) is 0 Å². The molecule has 0 aromatic heterocycles. The fourth-order valence-corrected chi connectivity index (χ4v) is 2.30. The largest absolute Gasteiger partial charge is 0.497 e. The van der Waals surface area contributed by atoms with Crippen molar-refractivity contribution in [1.82, 2.24) is 5.32 Å². The van der Waals surface area contributed by atoms with E-state index in [1.54, 1.807) is 37.4 Å². The molecule has 4 heteroatoms. The van der Waals surface area contributed by atoms with Gasteiger partial charge in [-0.25, -0.2) is 0 Å².